The van der Waals surface area contributed by atoms with Crippen LogP contribution in [0.2, 0.25) is 0 Å². The number of hydrogen-bond donors (Lipinski definition) is 1. The minimum absolute atomic E-state index is 0.0237. The Morgan fingerprint density at radius 2 is 1.82 bits per heavy atom. The molecular weight excluding hydrogens is 488 g/mol. The highest BCUT2D eigenvalue weighted by atomic mass is 16.5. The van der Waals surface area contributed by atoms with E-state index in [1.54, 1.807) is 42.8 Å². The van der Waals surface area contributed by atoms with Gasteiger partial charge in [0, 0.05) is 32.4 Å². The van der Waals surface area contributed by atoms with Gasteiger partial charge in [-0.05, 0) is 43.2 Å². The molecule has 0 spiro atoms. The van der Waals surface area contributed by atoms with Gasteiger partial charge in [-0.2, -0.15) is 0 Å². The van der Waals surface area contributed by atoms with Crippen LogP contribution in [0.15, 0.2) is 42.1 Å². The molecular formula is C28H32N4O6. The topological polar surface area (TPSA) is 106 Å². The minimum atomic E-state index is -0.814. The Morgan fingerprint density at radius 3 is 2.53 bits per heavy atom. The second kappa shape index (κ2) is 10.5. The van der Waals surface area contributed by atoms with Gasteiger partial charge in [0.25, 0.3) is 11.7 Å². The van der Waals surface area contributed by atoms with Gasteiger partial charge in [-0.3, -0.25) is 18.9 Å². The third kappa shape index (κ3) is 4.39. The fourth-order valence-corrected chi connectivity index (χ4v) is 5.28. The number of fused-ring (bicyclic) bond motifs is 1. The highest BCUT2D eigenvalue weighted by Crippen LogP contribution is 2.42. The predicted octanol–water partition coefficient (Wildman–Crippen LogP) is 2.72. The van der Waals surface area contributed by atoms with Gasteiger partial charge in [0.05, 0.1) is 44.7 Å². The van der Waals surface area contributed by atoms with Crippen LogP contribution < -0.4 is 9.47 Å². The Kier molecular flexibility index (Phi) is 7.09. The maximum Gasteiger partial charge on any atom is 0.295 e. The first-order chi connectivity index (χ1) is 18.3. The first-order valence-electron chi connectivity index (χ1n) is 12.6. The predicted molar refractivity (Wildman–Crippen MR) is 140 cm³/mol. The molecule has 1 amide bonds. The molecule has 0 saturated carbocycles. The number of aromatic nitrogens is 2. The van der Waals surface area contributed by atoms with Gasteiger partial charge >= 0.3 is 0 Å². The average molecular weight is 521 g/mol. The summed E-state index contributed by atoms with van der Waals surface area (Å²) >= 11 is 0. The molecule has 0 bridgehead atoms. The summed E-state index contributed by atoms with van der Waals surface area (Å²) < 4.78 is 18.1. The van der Waals surface area contributed by atoms with Crippen LogP contribution in [0.1, 0.15) is 28.6 Å². The van der Waals surface area contributed by atoms with Gasteiger partial charge in [0.2, 0.25) is 0 Å². The van der Waals surface area contributed by atoms with Crippen molar-refractivity contribution in [3.63, 3.8) is 0 Å². The fourth-order valence-electron chi connectivity index (χ4n) is 5.28. The van der Waals surface area contributed by atoms with E-state index in [-0.39, 0.29) is 11.3 Å². The van der Waals surface area contributed by atoms with Crippen LogP contribution in [-0.4, -0.2) is 89.6 Å². The van der Waals surface area contributed by atoms with Crippen LogP contribution in [0.3, 0.4) is 0 Å². The molecule has 2 saturated heterocycles. The van der Waals surface area contributed by atoms with E-state index in [0.29, 0.717) is 60.4 Å². The number of ketones is 1. The van der Waals surface area contributed by atoms with Crippen molar-refractivity contribution in [3.8, 4) is 11.5 Å². The van der Waals surface area contributed by atoms with Gasteiger partial charge in [0.1, 0.15) is 11.3 Å². The molecule has 4 heterocycles. The number of amides is 1. The molecule has 38 heavy (non-hydrogen) atoms. The Balaban J connectivity index is 1.65. The quantitative estimate of drug-likeness (QED) is 0.288. The first kappa shape index (κ1) is 25.7. The minimum Gasteiger partial charge on any atom is -0.505 e. The smallest absolute Gasteiger partial charge is 0.295 e. The molecule has 1 aromatic carbocycles. The van der Waals surface area contributed by atoms with Crippen LogP contribution in [0, 0.1) is 13.8 Å². The van der Waals surface area contributed by atoms with E-state index >= 15 is 0 Å². The van der Waals surface area contributed by atoms with Crippen molar-refractivity contribution < 1.29 is 28.9 Å². The average Bonchev–Trinajstić information content (AvgIpc) is 3.41. The molecule has 2 aliphatic rings. The number of Topliss-reactive ketones (excluding diaryl/α,β-unsaturated/α-hetero) is 1. The van der Waals surface area contributed by atoms with E-state index in [9.17, 15) is 14.7 Å². The van der Waals surface area contributed by atoms with Crippen LogP contribution in [0.4, 0.5) is 0 Å². The second-order valence-corrected chi connectivity index (χ2v) is 9.49. The monoisotopic (exact) mass is 520 g/mol. The highest BCUT2D eigenvalue weighted by Gasteiger charge is 2.46. The summed E-state index contributed by atoms with van der Waals surface area (Å²) in [7, 11) is 3.07. The molecule has 2 aromatic heterocycles. The number of rotatable bonds is 7. The van der Waals surface area contributed by atoms with Crippen molar-refractivity contribution >= 4 is 23.1 Å². The number of carbonyl (C=O) groups excluding carboxylic acids is 2. The summed E-state index contributed by atoms with van der Waals surface area (Å²) in [6, 6.07) is 8.24. The molecule has 10 nitrogen and oxygen atoms in total. The third-order valence-electron chi connectivity index (χ3n) is 7.27. The number of aliphatic hydroxyl groups excluding tert-OH is 1. The Morgan fingerprint density at radius 1 is 1.08 bits per heavy atom. The molecule has 5 rings (SSSR count). The summed E-state index contributed by atoms with van der Waals surface area (Å²) in [5, 5.41) is 11.7. The van der Waals surface area contributed by atoms with Crippen LogP contribution in [0.5, 0.6) is 11.5 Å². The molecule has 2 aliphatic heterocycles. The van der Waals surface area contributed by atoms with E-state index in [4.69, 9.17) is 14.2 Å². The van der Waals surface area contributed by atoms with Gasteiger partial charge in [-0.1, -0.05) is 12.1 Å². The number of benzene rings is 1. The van der Waals surface area contributed by atoms with Crippen molar-refractivity contribution in [2.75, 3.05) is 53.6 Å². The molecule has 0 radical (unpaired) electrons. The number of morpholine rings is 1. The number of aryl methyl sites for hydroxylation is 2. The summed E-state index contributed by atoms with van der Waals surface area (Å²) in [5.41, 5.74) is 3.21. The SMILES string of the molecule is COc1ccc([C@H]2C(=C(O)c3c(C)nc4c(C)cccn34)C(=O)C(=O)N2CCN2CCOCC2)cc1OC. The van der Waals surface area contributed by atoms with Crippen LogP contribution in [-0.2, 0) is 14.3 Å². The number of imidazole rings is 1. The molecule has 3 aromatic rings. The number of ether oxygens (including phenoxy) is 3. The van der Waals surface area contributed by atoms with E-state index in [0.717, 1.165) is 18.7 Å². The lowest BCUT2D eigenvalue weighted by Crippen LogP contribution is -2.42. The zero-order valence-electron chi connectivity index (χ0n) is 22.1. The number of nitrogens with zero attached hydrogens (tertiary/aromatic N) is 4. The number of aliphatic hydroxyl groups is 1. The highest BCUT2D eigenvalue weighted by molar-refractivity contribution is 6.46. The Hall–Kier alpha value is -3.89. The summed E-state index contributed by atoms with van der Waals surface area (Å²) in [5.74, 6) is -0.652. The van der Waals surface area contributed by atoms with Crippen molar-refractivity contribution in [2.45, 2.75) is 19.9 Å². The second-order valence-electron chi connectivity index (χ2n) is 9.49. The lowest BCUT2D eigenvalue weighted by molar-refractivity contribution is -0.140. The summed E-state index contributed by atoms with van der Waals surface area (Å²) in [6.45, 7) is 7.37. The zero-order chi connectivity index (χ0) is 27.0. The molecule has 0 aliphatic carbocycles. The lowest BCUT2D eigenvalue weighted by atomic mass is 9.96. The Bertz CT molecular complexity index is 1420. The third-order valence-corrected chi connectivity index (χ3v) is 7.27. The number of pyridine rings is 1. The molecule has 1 N–H and O–H groups in total. The lowest BCUT2D eigenvalue weighted by Gasteiger charge is -2.31. The number of carbonyl (C=O) groups is 2. The van der Waals surface area contributed by atoms with Crippen molar-refractivity contribution in [1.82, 2.24) is 19.2 Å². The number of likely N-dealkylation sites (tertiary alicyclic amines) is 1. The number of hydrogen-bond acceptors (Lipinski definition) is 8. The maximum absolute atomic E-state index is 13.6. The van der Waals surface area contributed by atoms with Crippen molar-refractivity contribution in [2.24, 2.45) is 0 Å². The first-order valence-corrected chi connectivity index (χ1v) is 12.6. The molecule has 0 unspecified atom stereocenters. The van der Waals surface area contributed by atoms with E-state index in [1.807, 2.05) is 19.1 Å². The maximum atomic E-state index is 13.6. The van der Waals surface area contributed by atoms with Gasteiger partial charge < -0.3 is 24.2 Å². The molecule has 1 atom stereocenters. The van der Waals surface area contributed by atoms with Gasteiger partial charge in [0.15, 0.2) is 17.3 Å². The number of methoxy groups -OCH3 is 2. The van der Waals surface area contributed by atoms with Crippen molar-refractivity contribution in [3.05, 3.63) is 64.6 Å². The molecule has 200 valence electrons. The van der Waals surface area contributed by atoms with Gasteiger partial charge in [-0.15, -0.1) is 0 Å². The van der Waals surface area contributed by atoms with E-state index < -0.39 is 17.7 Å². The normalized spacial score (nSPS) is 19.9. The standard InChI is InChI=1S/C28H32N4O6/c1-17-6-5-9-31-23(18(2)29-27(17)31)25(33)22-24(19-7-8-20(36-3)21(16-19)37-4)32(28(35)26(22)34)11-10-30-12-14-38-15-13-30/h5-9,16,24,33H,10-15H2,1-4H3/t24-/m0/s1. The zero-order valence-corrected chi connectivity index (χ0v) is 22.1. The largest absolute Gasteiger partial charge is 0.505 e. The molecule has 2 fully saturated rings. The van der Waals surface area contributed by atoms with Crippen molar-refractivity contribution in [1.29, 1.82) is 0 Å². The van der Waals surface area contributed by atoms with E-state index in [2.05, 4.69) is 9.88 Å². The van der Waals surface area contributed by atoms with Crippen LogP contribution in [0.25, 0.3) is 11.4 Å². The van der Waals surface area contributed by atoms with Gasteiger partial charge in [-0.25, -0.2) is 4.98 Å². The Labute approximate surface area is 221 Å². The molecule has 10 heteroatoms. The van der Waals surface area contributed by atoms with Crippen LogP contribution >= 0.6 is 0 Å². The summed E-state index contributed by atoms with van der Waals surface area (Å²) in [6.07, 6.45) is 1.79. The fraction of sp³-hybridized carbons (Fsp3) is 0.393. The van der Waals surface area contributed by atoms with E-state index in [1.165, 1.54) is 12.0 Å². The summed E-state index contributed by atoms with van der Waals surface area (Å²) in [4.78, 5) is 35.3.